The van der Waals surface area contributed by atoms with Gasteiger partial charge in [0.1, 0.15) is 22.8 Å². The minimum atomic E-state index is -2.75. The number of anilines is 1. The van der Waals surface area contributed by atoms with E-state index in [2.05, 4.69) is 22.1 Å². The first-order valence-electron chi connectivity index (χ1n) is 16.3. The molecule has 3 aliphatic carbocycles. The lowest BCUT2D eigenvalue weighted by Gasteiger charge is -2.50. The first-order chi connectivity index (χ1) is 23.2. The van der Waals surface area contributed by atoms with Crippen molar-refractivity contribution in [1.29, 1.82) is 5.53 Å². The van der Waals surface area contributed by atoms with Gasteiger partial charge in [0, 0.05) is 69.6 Å². The molecule has 14 nitrogen and oxygen atoms in total. The van der Waals surface area contributed by atoms with E-state index in [1.165, 1.54) is 4.90 Å². The summed E-state index contributed by atoms with van der Waals surface area (Å²) in [6.45, 7) is 4.59. The van der Waals surface area contributed by atoms with E-state index in [4.69, 9.17) is 5.53 Å². The Kier molecular flexibility index (Phi) is 8.86. The molecule has 49 heavy (non-hydrogen) atoms. The number of aromatic hydroxyl groups is 1. The molecule has 0 unspecified atom stereocenters. The molecule has 4 aliphatic rings. The maximum absolute atomic E-state index is 14.4. The van der Waals surface area contributed by atoms with Crippen molar-refractivity contribution in [1.82, 2.24) is 20.1 Å². The Labute approximate surface area is 284 Å². The number of piperazine rings is 1. The Balaban J connectivity index is 1.48. The third-order valence-corrected chi connectivity index (χ3v) is 10.6. The Bertz CT molecular complexity index is 1810. The number of rotatable bonds is 7. The zero-order chi connectivity index (χ0) is 35.5. The molecule has 4 atom stereocenters. The van der Waals surface area contributed by atoms with Crippen LogP contribution in [0.4, 0.5) is 5.69 Å². The summed E-state index contributed by atoms with van der Waals surface area (Å²) in [7, 11) is 8.92. The second kappa shape index (κ2) is 12.7. The van der Waals surface area contributed by atoms with E-state index < -0.39 is 58.0 Å². The number of carbonyl (C=O) groups excluding carboxylic acids is 3. The van der Waals surface area contributed by atoms with Crippen molar-refractivity contribution < 1.29 is 34.8 Å². The largest absolute Gasteiger partial charge is 0.508 e. The maximum Gasteiger partial charge on any atom is 0.279 e. The number of phenolic OH excluding ortho intramolecular Hbond substituents is 1. The molecule has 260 valence electrons. The van der Waals surface area contributed by atoms with Gasteiger partial charge in [0.2, 0.25) is 5.78 Å². The van der Waals surface area contributed by atoms with E-state index in [0.29, 0.717) is 11.1 Å². The van der Waals surface area contributed by atoms with Crippen LogP contribution in [0.3, 0.4) is 0 Å². The second-order valence-electron chi connectivity index (χ2n) is 14.0. The summed E-state index contributed by atoms with van der Waals surface area (Å²) in [4.78, 5) is 48.8. The fourth-order valence-electron chi connectivity index (χ4n) is 8.10. The highest BCUT2D eigenvalue weighted by Crippen LogP contribution is 2.55. The van der Waals surface area contributed by atoms with Crippen molar-refractivity contribution in [2.24, 2.45) is 17.1 Å². The van der Waals surface area contributed by atoms with E-state index in [-0.39, 0.29) is 29.7 Å². The van der Waals surface area contributed by atoms with Gasteiger partial charge in [0.05, 0.1) is 11.6 Å². The number of nitrogens with one attached hydrogen (secondary N) is 2. The monoisotopic (exact) mass is 673 g/mol. The van der Waals surface area contributed by atoms with Crippen LogP contribution in [0, 0.1) is 17.4 Å². The molecule has 1 aliphatic heterocycles. The highest BCUT2D eigenvalue weighted by Gasteiger charge is 2.64. The van der Waals surface area contributed by atoms with E-state index in [1.807, 2.05) is 49.3 Å². The van der Waals surface area contributed by atoms with Crippen LogP contribution in [0.25, 0.3) is 16.9 Å². The minimum Gasteiger partial charge on any atom is -0.508 e. The van der Waals surface area contributed by atoms with Crippen LogP contribution in [0.1, 0.15) is 23.1 Å². The highest BCUT2D eigenvalue weighted by atomic mass is 16.3. The van der Waals surface area contributed by atoms with Crippen LogP contribution in [-0.4, -0.2) is 126 Å². The number of aliphatic hydroxyl groups excluding tert-OH is 2. The third-order valence-electron chi connectivity index (χ3n) is 10.6. The van der Waals surface area contributed by atoms with Crippen LogP contribution in [0.2, 0.25) is 0 Å². The molecule has 14 heteroatoms. The molecule has 1 heterocycles. The Morgan fingerprint density at radius 1 is 1.08 bits per heavy atom. The fraction of sp³-hybridized carbons (Fsp3) is 0.457. The normalized spacial score (nSPS) is 26.0. The number of hydrogen-bond donors (Lipinski definition) is 6. The van der Waals surface area contributed by atoms with E-state index >= 15 is 0 Å². The topological polar surface area (TPSA) is 193 Å². The molecule has 0 spiro atoms. The molecule has 2 aromatic carbocycles. The molecule has 0 radical (unpaired) electrons. The van der Waals surface area contributed by atoms with Crippen LogP contribution >= 0.6 is 0 Å². The molecule has 2 fully saturated rings. The number of aliphatic hydroxyl groups is 3. The van der Waals surface area contributed by atoms with Gasteiger partial charge in [0.15, 0.2) is 11.4 Å². The summed E-state index contributed by atoms with van der Waals surface area (Å²) < 4.78 is 0. The number of hydrogen-bond acceptors (Lipinski definition) is 13. The van der Waals surface area contributed by atoms with Gasteiger partial charge in [-0.1, -0.05) is 23.4 Å². The smallest absolute Gasteiger partial charge is 0.279 e. The van der Waals surface area contributed by atoms with E-state index in [0.717, 1.165) is 49.5 Å². The Morgan fingerprint density at radius 3 is 2.41 bits per heavy atom. The molecule has 0 aromatic heterocycles. The average Bonchev–Trinajstić information content (AvgIpc) is 3.04. The molecule has 0 bridgehead atoms. The van der Waals surface area contributed by atoms with Gasteiger partial charge in [-0.2, -0.15) is 5.53 Å². The summed E-state index contributed by atoms with van der Waals surface area (Å²) in [6.07, 6.45) is 0.197. The number of benzene rings is 2. The number of ketones is 2. The minimum absolute atomic E-state index is 0.00115. The number of phenols is 1. The number of fused-ring (bicyclic) bond motifs is 3. The molecular formula is C35H43N7O7. The first kappa shape index (κ1) is 34.2. The maximum atomic E-state index is 14.4. The van der Waals surface area contributed by atoms with E-state index in [1.54, 1.807) is 19.5 Å². The van der Waals surface area contributed by atoms with Gasteiger partial charge < -0.3 is 30.2 Å². The summed E-state index contributed by atoms with van der Waals surface area (Å²) in [6, 6.07) is 8.52. The lowest BCUT2D eigenvalue weighted by molar-refractivity contribution is -0.153. The highest BCUT2D eigenvalue weighted by molar-refractivity contribution is 6.25. The molecule has 1 saturated carbocycles. The van der Waals surface area contributed by atoms with E-state index in [9.17, 15) is 34.8 Å². The first-order valence-corrected chi connectivity index (χ1v) is 16.3. The van der Waals surface area contributed by atoms with Crippen LogP contribution < -0.4 is 10.3 Å². The quantitative estimate of drug-likeness (QED) is 0.143. The number of amides is 1. The lowest BCUT2D eigenvalue weighted by atomic mass is 9.57. The van der Waals surface area contributed by atoms with Gasteiger partial charge >= 0.3 is 0 Å². The summed E-state index contributed by atoms with van der Waals surface area (Å²) in [5, 5.41) is 49.9. The number of likely N-dealkylation sites (N-methyl/N-ethyl adjacent to an activating group) is 2. The molecular weight excluding hydrogens is 630 g/mol. The van der Waals surface area contributed by atoms with Crippen molar-refractivity contribution in [3.05, 3.63) is 63.9 Å². The van der Waals surface area contributed by atoms with Crippen molar-refractivity contribution in [3.8, 4) is 16.9 Å². The molecule has 6 N–H and O–H groups in total. The average molecular weight is 674 g/mol. The van der Waals surface area contributed by atoms with Crippen LogP contribution in [-0.2, 0) is 27.3 Å². The Morgan fingerprint density at radius 2 is 1.78 bits per heavy atom. The zero-order valence-corrected chi connectivity index (χ0v) is 28.3. The van der Waals surface area contributed by atoms with Crippen molar-refractivity contribution in [2.45, 2.75) is 31.0 Å². The molecule has 1 amide bonds. The SMILES string of the molecule is CN1CCN(Cc2cccc(-c3cc(N(C)C)c4c(c3O)C(O)=C3C(=O)[C@]5(O)C(O)=C(C(=O)NN=N)C(=O)[C@@H](N(C)C)[C@@H]5C[C@@H]3C4)c2)CC1. The number of nitrogens with zero attached hydrogens (tertiary/aromatic N) is 5. The van der Waals surface area contributed by atoms with Gasteiger partial charge in [-0.25, -0.2) is 5.43 Å². The molecule has 2 aromatic rings. The third kappa shape index (κ3) is 5.48. The van der Waals surface area contributed by atoms with Crippen molar-refractivity contribution >= 4 is 28.9 Å². The second-order valence-corrected chi connectivity index (χ2v) is 14.0. The van der Waals surface area contributed by atoms with Gasteiger partial charge in [-0.05, 0) is 68.7 Å². The fourth-order valence-corrected chi connectivity index (χ4v) is 8.10. The van der Waals surface area contributed by atoms with Crippen LogP contribution in [0.15, 0.2) is 52.5 Å². The summed E-state index contributed by atoms with van der Waals surface area (Å²) >= 11 is 0. The summed E-state index contributed by atoms with van der Waals surface area (Å²) in [5.41, 5.74) is 8.56. The predicted octanol–water partition coefficient (Wildman–Crippen LogP) is 2.02. The summed E-state index contributed by atoms with van der Waals surface area (Å²) in [5.74, 6) is -6.90. The van der Waals surface area contributed by atoms with Gasteiger partial charge in [0.25, 0.3) is 5.91 Å². The predicted molar refractivity (Wildman–Crippen MR) is 181 cm³/mol. The van der Waals surface area contributed by atoms with Crippen molar-refractivity contribution in [3.63, 3.8) is 0 Å². The van der Waals surface area contributed by atoms with Gasteiger partial charge in [-0.3, -0.25) is 24.2 Å². The van der Waals surface area contributed by atoms with Crippen LogP contribution in [0.5, 0.6) is 5.75 Å². The number of Topliss-reactive ketones (excluding diaryl/α,β-unsaturated/α-hetero) is 2. The standard InChI is InChI=1S/C35H43N7O7/c1-39(2)24-16-21(19-8-6-7-18(13-19)17-42-11-9-41(5)10-12-42)29(43)26-22(24)14-20-15-23-28(40(3)4)31(45)27(34(48)37-38-36)33(47)35(23,49)32(46)25(20)30(26)44/h6-8,13,16,20,23,28,43-44,47,49H,9-12,14-15,17H2,1-5H3,(H2,36,37,48)/t20-,23-,28-,35-/m0/s1. The molecule has 1 saturated heterocycles. The zero-order valence-electron chi connectivity index (χ0n) is 28.3. The van der Waals surface area contributed by atoms with Crippen molar-refractivity contribution in [2.75, 3.05) is 66.3 Å². The lowest BCUT2D eigenvalue weighted by Crippen LogP contribution is -2.65. The number of carbonyl (C=O) groups is 3. The Hall–Kier alpha value is -4.63. The molecule has 6 rings (SSSR count). The van der Waals surface area contributed by atoms with Gasteiger partial charge in [-0.15, -0.1) is 0 Å².